The first-order valence-corrected chi connectivity index (χ1v) is 10.1. The van der Waals surface area contributed by atoms with Crippen LogP contribution in [0.5, 0.6) is 0 Å². The van der Waals surface area contributed by atoms with Gasteiger partial charge in [0.1, 0.15) is 6.29 Å². The first-order valence-electron chi connectivity index (χ1n) is 6.74. The third-order valence-corrected chi connectivity index (χ3v) is 5.15. The molecule has 0 radical (unpaired) electrons. The quantitative estimate of drug-likeness (QED) is 0.270. The van der Waals surface area contributed by atoms with E-state index in [4.69, 9.17) is 14.9 Å². The molecule has 5 N–H and O–H groups in total. The van der Waals surface area contributed by atoms with Crippen molar-refractivity contribution in [3.8, 4) is 0 Å². The van der Waals surface area contributed by atoms with Gasteiger partial charge in [0.15, 0.2) is 0 Å². The summed E-state index contributed by atoms with van der Waals surface area (Å²) in [5, 5.41) is 5.88. The van der Waals surface area contributed by atoms with E-state index in [0.29, 0.717) is 15.3 Å². The SMILES string of the molecule is NS(=O)(=O)c1ccc2c(ccc3c2[nH]c(=O)c(=O)n3CP(=O)(O)O)c1. The highest BCUT2D eigenvalue weighted by Crippen LogP contribution is 2.37. The Balaban J connectivity index is 2.43. The number of fused-ring (bicyclic) bond motifs is 3. The van der Waals surface area contributed by atoms with E-state index >= 15 is 0 Å². The predicted molar refractivity (Wildman–Crippen MR) is 89.8 cm³/mol. The van der Waals surface area contributed by atoms with Gasteiger partial charge in [0.2, 0.25) is 10.0 Å². The first kappa shape index (κ1) is 17.5. The Morgan fingerprint density at radius 3 is 2.44 bits per heavy atom. The van der Waals surface area contributed by atoms with Gasteiger partial charge < -0.3 is 14.8 Å². The summed E-state index contributed by atoms with van der Waals surface area (Å²) in [4.78, 5) is 44.3. The molecule has 12 heteroatoms. The minimum Gasteiger partial charge on any atom is -0.323 e. The summed E-state index contributed by atoms with van der Waals surface area (Å²) in [5.41, 5.74) is -1.90. The number of nitrogens with zero attached hydrogens (tertiary/aromatic N) is 1. The minimum atomic E-state index is -4.61. The summed E-state index contributed by atoms with van der Waals surface area (Å²) >= 11 is 0. The second-order valence-electron chi connectivity index (χ2n) is 5.38. The number of rotatable bonds is 3. The molecule has 0 unspecified atom stereocenters. The van der Waals surface area contributed by atoms with Gasteiger partial charge in [-0.3, -0.25) is 18.7 Å². The Morgan fingerprint density at radius 1 is 1.16 bits per heavy atom. The van der Waals surface area contributed by atoms with Gasteiger partial charge in [-0.15, -0.1) is 0 Å². The Bertz CT molecular complexity index is 1290. The molecular formula is C13H12N3O7PS. The molecule has 10 nitrogen and oxygen atoms in total. The van der Waals surface area contributed by atoms with Gasteiger partial charge in [-0.2, -0.15) is 0 Å². The van der Waals surface area contributed by atoms with Crippen LogP contribution in [0.1, 0.15) is 0 Å². The molecule has 0 fully saturated rings. The van der Waals surface area contributed by atoms with Gasteiger partial charge in [-0.1, -0.05) is 12.1 Å². The average molecular weight is 385 g/mol. The molecule has 0 bridgehead atoms. The number of sulfonamides is 1. The molecule has 2 aromatic carbocycles. The number of aromatic amines is 1. The lowest BCUT2D eigenvalue weighted by Gasteiger charge is -2.12. The van der Waals surface area contributed by atoms with Crippen LogP contribution < -0.4 is 16.3 Å². The van der Waals surface area contributed by atoms with Gasteiger partial charge in [-0.25, -0.2) is 13.6 Å². The number of nitrogens with two attached hydrogens (primary N) is 1. The van der Waals surface area contributed by atoms with Crippen molar-refractivity contribution in [1.29, 1.82) is 0 Å². The van der Waals surface area contributed by atoms with Gasteiger partial charge in [0.25, 0.3) is 0 Å². The smallest absolute Gasteiger partial charge is 0.323 e. The van der Waals surface area contributed by atoms with E-state index in [1.165, 1.54) is 30.3 Å². The topological polar surface area (TPSA) is 173 Å². The van der Waals surface area contributed by atoms with Crippen molar-refractivity contribution < 1.29 is 22.8 Å². The van der Waals surface area contributed by atoms with Crippen molar-refractivity contribution in [1.82, 2.24) is 9.55 Å². The summed E-state index contributed by atoms with van der Waals surface area (Å²) in [6, 6.07) is 6.73. The number of H-pyrrole nitrogens is 1. The van der Waals surface area contributed by atoms with Crippen LogP contribution in [0.15, 0.2) is 44.8 Å². The largest absolute Gasteiger partial charge is 0.345 e. The predicted octanol–water partition coefficient (Wildman–Crippen LogP) is -0.374. The van der Waals surface area contributed by atoms with Gasteiger partial charge >= 0.3 is 18.7 Å². The summed E-state index contributed by atoms with van der Waals surface area (Å²) in [6.07, 6.45) is -0.951. The Hall–Kier alpha value is -2.30. The highest BCUT2D eigenvalue weighted by Gasteiger charge is 2.19. The van der Waals surface area contributed by atoms with Gasteiger partial charge in [0, 0.05) is 5.39 Å². The van der Waals surface area contributed by atoms with Crippen molar-refractivity contribution in [3.05, 3.63) is 51.0 Å². The minimum absolute atomic E-state index is 0.101. The molecule has 0 saturated carbocycles. The van der Waals surface area contributed by atoms with Gasteiger partial charge in [0.05, 0.1) is 15.9 Å². The second kappa shape index (κ2) is 5.61. The normalized spacial score (nSPS) is 12.8. The molecule has 132 valence electrons. The number of hydrogen-bond donors (Lipinski definition) is 4. The monoisotopic (exact) mass is 385 g/mol. The van der Waals surface area contributed by atoms with Crippen molar-refractivity contribution in [2.75, 3.05) is 0 Å². The maximum absolute atomic E-state index is 12.0. The molecule has 3 aromatic rings. The van der Waals surface area contributed by atoms with Crippen molar-refractivity contribution in [3.63, 3.8) is 0 Å². The van der Waals surface area contributed by atoms with E-state index in [1.807, 2.05) is 0 Å². The number of hydrogen-bond acceptors (Lipinski definition) is 5. The molecule has 25 heavy (non-hydrogen) atoms. The molecule has 0 aliphatic rings. The van der Waals surface area contributed by atoms with E-state index < -0.39 is 35.0 Å². The number of nitrogens with one attached hydrogen (secondary N) is 1. The molecule has 0 atom stereocenters. The third-order valence-electron chi connectivity index (χ3n) is 3.59. The van der Waals surface area contributed by atoms with Crippen LogP contribution in [0.2, 0.25) is 0 Å². The summed E-state index contributed by atoms with van der Waals surface area (Å²) in [7, 11) is -8.54. The standard InChI is InChI=1S/C13H12N3O7PS/c14-25(22,23)8-2-3-9-7(5-8)1-4-10-11(9)15-12(17)13(18)16(10)6-24(19,20)21/h1-5H,6H2,(H,15,17)(H2,14,22,23)(H2,19,20,21). The first-order chi connectivity index (χ1) is 11.5. The van der Waals surface area contributed by atoms with Crippen LogP contribution in [0.4, 0.5) is 0 Å². The molecule has 0 aliphatic carbocycles. The van der Waals surface area contributed by atoms with Crippen molar-refractivity contribution >= 4 is 39.4 Å². The van der Waals surface area contributed by atoms with Crippen LogP contribution in [0.3, 0.4) is 0 Å². The molecule has 1 aromatic heterocycles. The van der Waals surface area contributed by atoms with Gasteiger partial charge in [-0.05, 0) is 23.6 Å². The highest BCUT2D eigenvalue weighted by molar-refractivity contribution is 7.89. The fourth-order valence-corrected chi connectivity index (χ4v) is 3.75. The number of primary sulfonamides is 1. The average Bonchev–Trinajstić information content (AvgIpc) is 2.49. The van der Waals surface area contributed by atoms with Crippen LogP contribution in [0, 0.1) is 0 Å². The lowest BCUT2D eigenvalue weighted by Crippen LogP contribution is -2.36. The Kier molecular flexibility index (Phi) is 3.93. The van der Waals surface area contributed by atoms with E-state index in [0.717, 1.165) is 0 Å². The Labute approximate surface area is 139 Å². The lowest BCUT2D eigenvalue weighted by molar-refractivity contribution is 0.362. The zero-order chi connectivity index (χ0) is 18.6. The Morgan fingerprint density at radius 2 is 1.84 bits per heavy atom. The molecule has 3 rings (SSSR count). The van der Waals surface area contributed by atoms with Crippen LogP contribution >= 0.6 is 7.60 Å². The molecule has 0 amide bonds. The summed E-state index contributed by atoms with van der Waals surface area (Å²) in [5.74, 6) is 0. The van der Waals surface area contributed by atoms with E-state index in [9.17, 15) is 22.6 Å². The maximum atomic E-state index is 12.0. The number of benzene rings is 2. The van der Waals surface area contributed by atoms with Crippen LogP contribution in [-0.2, 0) is 20.9 Å². The maximum Gasteiger partial charge on any atom is 0.345 e. The molecular weight excluding hydrogens is 373 g/mol. The lowest BCUT2D eigenvalue weighted by atomic mass is 10.1. The van der Waals surface area contributed by atoms with Crippen molar-refractivity contribution in [2.45, 2.75) is 11.2 Å². The van der Waals surface area contributed by atoms with Crippen molar-refractivity contribution in [2.24, 2.45) is 5.14 Å². The van der Waals surface area contributed by atoms with E-state index in [-0.39, 0.29) is 15.9 Å². The summed E-state index contributed by atoms with van der Waals surface area (Å²) < 4.78 is 34.8. The highest BCUT2D eigenvalue weighted by atomic mass is 32.2. The summed E-state index contributed by atoms with van der Waals surface area (Å²) in [6.45, 7) is 0. The zero-order valence-electron chi connectivity index (χ0n) is 12.4. The molecule has 0 saturated heterocycles. The molecule has 0 spiro atoms. The van der Waals surface area contributed by atoms with E-state index in [1.54, 1.807) is 0 Å². The van der Waals surface area contributed by atoms with E-state index in [2.05, 4.69) is 4.98 Å². The third kappa shape index (κ3) is 3.28. The molecule has 1 heterocycles. The van der Waals surface area contributed by atoms with Crippen LogP contribution in [-0.4, -0.2) is 27.8 Å². The second-order valence-corrected chi connectivity index (χ2v) is 8.55. The van der Waals surface area contributed by atoms with Crippen LogP contribution in [0.25, 0.3) is 21.8 Å². The fraction of sp³-hybridized carbons (Fsp3) is 0.0769. The molecule has 0 aliphatic heterocycles. The number of aromatic nitrogens is 2. The fourth-order valence-electron chi connectivity index (χ4n) is 2.55. The zero-order valence-corrected chi connectivity index (χ0v) is 14.1.